The van der Waals surface area contributed by atoms with Gasteiger partial charge in [-0.1, -0.05) is 31.5 Å². The predicted octanol–water partition coefficient (Wildman–Crippen LogP) is 0.666. The zero-order valence-corrected chi connectivity index (χ0v) is 11.0. The number of hydrogen-bond acceptors (Lipinski definition) is 3. The summed E-state index contributed by atoms with van der Waals surface area (Å²) < 4.78 is 0. The van der Waals surface area contributed by atoms with E-state index in [4.69, 9.17) is 0 Å². The molecule has 102 valence electrons. The van der Waals surface area contributed by atoms with Gasteiger partial charge in [-0.2, -0.15) is 0 Å². The zero-order chi connectivity index (χ0) is 13.7. The fraction of sp³-hybridized carbons (Fsp3) is 0.429. The average Bonchev–Trinajstić information content (AvgIpc) is 2.42. The Morgan fingerprint density at radius 3 is 2.89 bits per heavy atom. The third-order valence-corrected chi connectivity index (χ3v) is 3.12. The number of carbonyl (C=O) groups is 2. The molecule has 2 amide bonds. The summed E-state index contributed by atoms with van der Waals surface area (Å²) in [6.45, 7) is 2.63. The van der Waals surface area contributed by atoms with E-state index in [2.05, 4.69) is 22.9 Å². The Kier molecular flexibility index (Phi) is 4.52. The molecule has 19 heavy (non-hydrogen) atoms. The molecule has 1 aliphatic heterocycles. The van der Waals surface area contributed by atoms with E-state index >= 15 is 0 Å². The Bertz CT molecular complexity index is 464. The third kappa shape index (κ3) is 3.54. The van der Waals surface area contributed by atoms with Crippen molar-refractivity contribution in [2.75, 3.05) is 18.4 Å². The highest BCUT2D eigenvalue weighted by Gasteiger charge is 2.23. The molecule has 3 N–H and O–H groups in total. The molecule has 1 saturated heterocycles. The molecule has 1 atom stereocenters. The topological polar surface area (TPSA) is 70.2 Å². The molecule has 0 bridgehead atoms. The van der Waals surface area contributed by atoms with Gasteiger partial charge in [0, 0.05) is 12.2 Å². The first-order valence-electron chi connectivity index (χ1n) is 6.59. The minimum absolute atomic E-state index is 0.0737. The molecule has 1 aromatic rings. The highest BCUT2D eigenvalue weighted by molar-refractivity contribution is 5.97. The number of carbonyl (C=O) groups excluding carboxylic acids is 2. The number of para-hydroxylation sites is 1. The number of benzene rings is 1. The minimum Gasteiger partial charge on any atom is -0.353 e. The van der Waals surface area contributed by atoms with Gasteiger partial charge in [0.05, 0.1) is 6.54 Å². The number of aryl methyl sites for hydroxylation is 1. The van der Waals surface area contributed by atoms with Crippen LogP contribution in [0.25, 0.3) is 0 Å². The summed E-state index contributed by atoms with van der Waals surface area (Å²) in [6, 6.07) is 7.44. The van der Waals surface area contributed by atoms with Crippen LogP contribution in [0.15, 0.2) is 24.3 Å². The molecule has 0 spiro atoms. The molecule has 1 heterocycles. The summed E-state index contributed by atoms with van der Waals surface area (Å²) in [5.41, 5.74) is 1.99. The smallest absolute Gasteiger partial charge is 0.243 e. The highest BCUT2D eigenvalue weighted by Crippen LogP contribution is 2.17. The van der Waals surface area contributed by atoms with Crippen molar-refractivity contribution >= 4 is 17.5 Å². The molecule has 0 aliphatic carbocycles. The van der Waals surface area contributed by atoms with Gasteiger partial charge in [-0.25, -0.2) is 0 Å². The van der Waals surface area contributed by atoms with Gasteiger partial charge in [0.15, 0.2) is 0 Å². The second-order valence-corrected chi connectivity index (χ2v) is 4.63. The van der Waals surface area contributed by atoms with Crippen LogP contribution in [0.5, 0.6) is 0 Å². The molecule has 0 saturated carbocycles. The van der Waals surface area contributed by atoms with Crippen LogP contribution in [0.4, 0.5) is 5.69 Å². The van der Waals surface area contributed by atoms with Gasteiger partial charge in [-0.3, -0.25) is 14.9 Å². The lowest BCUT2D eigenvalue weighted by Crippen LogP contribution is -2.56. The highest BCUT2D eigenvalue weighted by atomic mass is 16.2. The molecule has 1 aromatic carbocycles. The molecule has 1 aliphatic rings. The first kappa shape index (κ1) is 13.5. The van der Waals surface area contributed by atoms with Gasteiger partial charge in [-0.05, 0) is 18.1 Å². The van der Waals surface area contributed by atoms with Crippen molar-refractivity contribution in [2.24, 2.45) is 0 Å². The van der Waals surface area contributed by atoms with Crippen LogP contribution in [0.3, 0.4) is 0 Å². The van der Waals surface area contributed by atoms with E-state index in [1.807, 2.05) is 24.3 Å². The van der Waals surface area contributed by atoms with Crippen LogP contribution in [-0.4, -0.2) is 30.9 Å². The quantitative estimate of drug-likeness (QED) is 0.746. The van der Waals surface area contributed by atoms with Crippen LogP contribution in [-0.2, 0) is 16.0 Å². The summed E-state index contributed by atoms with van der Waals surface area (Å²) >= 11 is 0. The van der Waals surface area contributed by atoms with Crippen molar-refractivity contribution in [3.05, 3.63) is 29.8 Å². The molecular formula is C14H19N3O2. The standard InChI is InChI=1S/C14H19N3O2/c1-2-5-10-6-3-4-7-11(10)17-14(19)12-8-16-13(18)9-15-12/h3-4,6-7,12,15H,2,5,8-9H2,1H3,(H,16,18)(H,17,19). The van der Waals surface area contributed by atoms with Crippen LogP contribution < -0.4 is 16.0 Å². The maximum absolute atomic E-state index is 12.1. The third-order valence-electron chi connectivity index (χ3n) is 3.12. The molecule has 1 unspecified atom stereocenters. The lowest BCUT2D eigenvalue weighted by atomic mass is 10.1. The van der Waals surface area contributed by atoms with Crippen LogP contribution >= 0.6 is 0 Å². The van der Waals surface area contributed by atoms with Crippen molar-refractivity contribution in [3.63, 3.8) is 0 Å². The zero-order valence-electron chi connectivity index (χ0n) is 11.0. The van der Waals surface area contributed by atoms with E-state index in [0.29, 0.717) is 6.54 Å². The first-order valence-corrected chi connectivity index (χ1v) is 6.59. The molecule has 2 rings (SSSR count). The molecular weight excluding hydrogens is 242 g/mol. The lowest BCUT2D eigenvalue weighted by Gasteiger charge is -2.23. The lowest BCUT2D eigenvalue weighted by molar-refractivity contribution is -0.124. The SMILES string of the molecule is CCCc1ccccc1NC(=O)C1CNC(=O)CN1. The molecule has 5 heteroatoms. The number of amides is 2. The first-order chi connectivity index (χ1) is 9.20. The van der Waals surface area contributed by atoms with Gasteiger partial charge in [0.25, 0.3) is 0 Å². The van der Waals surface area contributed by atoms with E-state index in [1.54, 1.807) is 0 Å². The fourth-order valence-corrected chi connectivity index (χ4v) is 2.10. The van der Waals surface area contributed by atoms with Crippen molar-refractivity contribution in [2.45, 2.75) is 25.8 Å². The molecule has 0 aromatic heterocycles. The van der Waals surface area contributed by atoms with Crippen molar-refractivity contribution in [1.82, 2.24) is 10.6 Å². The average molecular weight is 261 g/mol. The number of piperazine rings is 1. The van der Waals surface area contributed by atoms with Crippen LogP contribution in [0, 0.1) is 0 Å². The van der Waals surface area contributed by atoms with E-state index in [0.717, 1.165) is 24.1 Å². The van der Waals surface area contributed by atoms with Gasteiger partial charge in [-0.15, -0.1) is 0 Å². The summed E-state index contributed by atoms with van der Waals surface area (Å²) in [5.74, 6) is -0.181. The Labute approximate surface area is 112 Å². The number of nitrogens with one attached hydrogen (secondary N) is 3. The largest absolute Gasteiger partial charge is 0.353 e. The van der Waals surface area contributed by atoms with E-state index in [1.165, 1.54) is 0 Å². The van der Waals surface area contributed by atoms with Crippen LogP contribution in [0.1, 0.15) is 18.9 Å². The monoisotopic (exact) mass is 261 g/mol. The summed E-state index contributed by atoms with van der Waals surface area (Å²) in [6.07, 6.45) is 1.97. The molecule has 1 fully saturated rings. The van der Waals surface area contributed by atoms with E-state index in [9.17, 15) is 9.59 Å². The van der Waals surface area contributed by atoms with Gasteiger partial charge < -0.3 is 10.6 Å². The fourth-order valence-electron chi connectivity index (χ4n) is 2.10. The van der Waals surface area contributed by atoms with E-state index in [-0.39, 0.29) is 24.4 Å². The maximum Gasteiger partial charge on any atom is 0.243 e. The van der Waals surface area contributed by atoms with E-state index < -0.39 is 0 Å². The normalized spacial score (nSPS) is 18.8. The second-order valence-electron chi connectivity index (χ2n) is 4.63. The number of anilines is 1. The van der Waals surface area contributed by atoms with Gasteiger partial charge in [0.1, 0.15) is 6.04 Å². The second kappa shape index (κ2) is 6.33. The Morgan fingerprint density at radius 2 is 2.21 bits per heavy atom. The van der Waals surface area contributed by atoms with Crippen LogP contribution in [0.2, 0.25) is 0 Å². The maximum atomic E-state index is 12.1. The predicted molar refractivity (Wildman–Crippen MR) is 73.9 cm³/mol. The summed E-state index contributed by atoms with van der Waals surface area (Å²) in [7, 11) is 0. The number of rotatable bonds is 4. The van der Waals surface area contributed by atoms with Crippen molar-refractivity contribution in [3.8, 4) is 0 Å². The summed E-state index contributed by atoms with van der Waals surface area (Å²) in [5, 5.41) is 8.52. The van der Waals surface area contributed by atoms with Crippen molar-refractivity contribution in [1.29, 1.82) is 0 Å². The van der Waals surface area contributed by atoms with Gasteiger partial charge in [0.2, 0.25) is 11.8 Å². The van der Waals surface area contributed by atoms with Crippen molar-refractivity contribution < 1.29 is 9.59 Å². The molecule has 5 nitrogen and oxygen atoms in total. The Hall–Kier alpha value is -1.88. The summed E-state index contributed by atoms with van der Waals surface area (Å²) in [4.78, 5) is 23.1. The minimum atomic E-state index is -0.368. The Morgan fingerprint density at radius 1 is 1.42 bits per heavy atom. The number of hydrogen-bond donors (Lipinski definition) is 3. The molecule has 0 radical (unpaired) electrons. The van der Waals surface area contributed by atoms with Gasteiger partial charge >= 0.3 is 0 Å². The Balaban J connectivity index is 2.00.